The van der Waals surface area contributed by atoms with E-state index in [1.165, 1.54) is 0 Å². The summed E-state index contributed by atoms with van der Waals surface area (Å²) < 4.78 is 11.8. The van der Waals surface area contributed by atoms with Gasteiger partial charge in [-0.3, -0.25) is 4.98 Å². The van der Waals surface area contributed by atoms with Crippen molar-refractivity contribution in [1.29, 1.82) is 0 Å². The number of hydrogen-bond acceptors (Lipinski definition) is 4. The minimum absolute atomic E-state index is 0.157. The molecule has 3 aromatic rings. The fourth-order valence-corrected chi connectivity index (χ4v) is 3.80. The summed E-state index contributed by atoms with van der Waals surface area (Å²) in [6.07, 6.45) is 4.94. The van der Waals surface area contributed by atoms with Crippen LogP contribution in [0.5, 0.6) is 17.2 Å². The monoisotopic (exact) mass is 471 g/mol. The Morgan fingerprint density at radius 2 is 1.91 bits per heavy atom. The van der Waals surface area contributed by atoms with Crippen LogP contribution in [0.3, 0.4) is 0 Å². The number of hydrogen-bond donors (Lipinski definition) is 1. The number of rotatable bonds is 7. The topological polar surface area (TPSA) is 63.7 Å². The van der Waals surface area contributed by atoms with Gasteiger partial charge >= 0.3 is 6.03 Å². The Kier molecular flexibility index (Phi) is 7.35. The van der Waals surface area contributed by atoms with Crippen molar-refractivity contribution in [3.8, 4) is 17.2 Å². The van der Waals surface area contributed by atoms with E-state index in [1.54, 1.807) is 35.5 Å². The lowest BCUT2D eigenvalue weighted by Crippen LogP contribution is -2.33. The molecule has 2 amide bonds. The van der Waals surface area contributed by atoms with Crippen LogP contribution >= 0.6 is 23.2 Å². The maximum atomic E-state index is 12.5. The van der Waals surface area contributed by atoms with E-state index in [0.29, 0.717) is 52.8 Å². The van der Waals surface area contributed by atoms with Crippen molar-refractivity contribution < 1.29 is 14.3 Å². The molecule has 1 unspecified atom stereocenters. The summed E-state index contributed by atoms with van der Waals surface area (Å²) in [5, 5.41) is 3.96. The van der Waals surface area contributed by atoms with E-state index in [2.05, 4.69) is 10.3 Å². The highest BCUT2D eigenvalue weighted by Crippen LogP contribution is 2.27. The van der Waals surface area contributed by atoms with Crippen LogP contribution in [-0.2, 0) is 0 Å². The van der Waals surface area contributed by atoms with Crippen molar-refractivity contribution in [2.24, 2.45) is 5.92 Å². The number of halogens is 2. The summed E-state index contributed by atoms with van der Waals surface area (Å²) >= 11 is 12.0. The number of ether oxygens (including phenoxy) is 2. The molecule has 1 N–H and O–H groups in total. The molecule has 0 aliphatic carbocycles. The number of carbonyl (C=O) groups excluding carboxylic acids is 1. The SMILES string of the molecule is O=C(Nc1cnccc1Cl)N1CCC(CCOc2cccc(Oc3ccc(Cl)cc3)c2)C1. The van der Waals surface area contributed by atoms with E-state index in [1.807, 2.05) is 36.4 Å². The fraction of sp³-hybridized carbons (Fsp3) is 0.250. The second kappa shape index (κ2) is 10.6. The van der Waals surface area contributed by atoms with E-state index in [0.717, 1.165) is 18.6 Å². The number of anilines is 1. The molecule has 4 rings (SSSR count). The van der Waals surface area contributed by atoms with Crippen LogP contribution in [0.15, 0.2) is 67.0 Å². The third kappa shape index (κ3) is 6.05. The number of nitrogens with zero attached hydrogens (tertiary/aromatic N) is 2. The normalized spacial score (nSPS) is 15.4. The third-order valence-electron chi connectivity index (χ3n) is 5.23. The average molecular weight is 472 g/mol. The smallest absolute Gasteiger partial charge is 0.321 e. The first kappa shape index (κ1) is 22.2. The van der Waals surface area contributed by atoms with E-state index >= 15 is 0 Å². The molecule has 1 saturated heterocycles. The molecule has 8 heteroatoms. The zero-order valence-corrected chi connectivity index (χ0v) is 18.9. The van der Waals surface area contributed by atoms with Gasteiger partial charge in [0.15, 0.2) is 0 Å². The molecule has 1 aliphatic heterocycles. The van der Waals surface area contributed by atoms with Crippen molar-refractivity contribution in [3.63, 3.8) is 0 Å². The molecular weight excluding hydrogens is 449 g/mol. The molecule has 1 aromatic heterocycles. The summed E-state index contributed by atoms with van der Waals surface area (Å²) in [7, 11) is 0. The van der Waals surface area contributed by atoms with Crippen LogP contribution in [0, 0.1) is 5.92 Å². The van der Waals surface area contributed by atoms with Crippen LogP contribution < -0.4 is 14.8 Å². The molecule has 0 radical (unpaired) electrons. The molecule has 2 heterocycles. The highest BCUT2D eigenvalue weighted by atomic mass is 35.5. The maximum Gasteiger partial charge on any atom is 0.321 e. The standard InChI is InChI=1S/C24H23Cl2N3O3/c25-18-4-6-19(7-5-18)32-21-3-1-2-20(14-21)31-13-10-17-9-12-29(16-17)24(30)28-23-15-27-11-8-22(23)26/h1-8,11,14-15,17H,9-10,12-13,16H2,(H,28,30). The summed E-state index contributed by atoms with van der Waals surface area (Å²) in [5.41, 5.74) is 0.520. The third-order valence-corrected chi connectivity index (χ3v) is 5.81. The van der Waals surface area contributed by atoms with Crippen molar-refractivity contribution in [2.45, 2.75) is 12.8 Å². The van der Waals surface area contributed by atoms with Crippen LogP contribution in [-0.4, -0.2) is 35.6 Å². The Hall–Kier alpha value is -2.96. The Balaban J connectivity index is 1.22. The van der Waals surface area contributed by atoms with Gasteiger partial charge in [0.05, 0.1) is 23.5 Å². The molecule has 6 nitrogen and oxygen atoms in total. The van der Waals surface area contributed by atoms with Gasteiger partial charge in [-0.2, -0.15) is 0 Å². The highest BCUT2D eigenvalue weighted by molar-refractivity contribution is 6.33. The maximum absolute atomic E-state index is 12.5. The van der Waals surface area contributed by atoms with Gasteiger partial charge in [0, 0.05) is 30.4 Å². The van der Waals surface area contributed by atoms with E-state index in [4.69, 9.17) is 32.7 Å². The first-order valence-corrected chi connectivity index (χ1v) is 11.1. The molecule has 32 heavy (non-hydrogen) atoms. The predicted molar refractivity (Wildman–Crippen MR) is 126 cm³/mol. The van der Waals surface area contributed by atoms with Gasteiger partial charge in [0.1, 0.15) is 17.2 Å². The summed E-state index contributed by atoms with van der Waals surface area (Å²) in [5.74, 6) is 2.54. The van der Waals surface area contributed by atoms with E-state index < -0.39 is 0 Å². The molecule has 2 aromatic carbocycles. The number of benzene rings is 2. The van der Waals surface area contributed by atoms with Gasteiger partial charge in [0.2, 0.25) is 0 Å². The van der Waals surface area contributed by atoms with Gasteiger partial charge in [-0.15, -0.1) is 0 Å². The molecular formula is C24H23Cl2N3O3. The molecule has 1 aliphatic rings. The summed E-state index contributed by atoms with van der Waals surface area (Å²) in [6.45, 7) is 1.96. The van der Waals surface area contributed by atoms with E-state index in [-0.39, 0.29) is 6.03 Å². The lowest BCUT2D eigenvalue weighted by atomic mass is 10.1. The number of urea groups is 1. The quantitative estimate of drug-likeness (QED) is 0.426. The highest BCUT2D eigenvalue weighted by Gasteiger charge is 2.26. The number of pyridine rings is 1. The Morgan fingerprint density at radius 3 is 2.72 bits per heavy atom. The minimum Gasteiger partial charge on any atom is -0.493 e. The number of amides is 2. The number of carbonyl (C=O) groups is 1. The van der Waals surface area contributed by atoms with Crippen LogP contribution in [0.2, 0.25) is 10.0 Å². The van der Waals surface area contributed by atoms with Gasteiger partial charge in [0.25, 0.3) is 0 Å². The van der Waals surface area contributed by atoms with Gasteiger partial charge in [-0.05, 0) is 61.2 Å². The molecule has 1 fully saturated rings. The zero-order chi connectivity index (χ0) is 22.3. The molecule has 1 atom stereocenters. The van der Waals surface area contributed by atoms with Gasteiger partial charge < -0.3 is 19.7 Å². The number of likely N-dealkylation sites (tertiary alicyclic amines) is 1. The lowest BCUT2D eigenvalue weighted by Gasteiger charge is -2.18. The first-order valence-electron chi connectivity index (χ1n) is 10.4. The second-order valence-electron chi connectivity index (χ2n) is 7.55. The van der Waals surface area contributed by atoms with Gasteiger partial charge in [-0.1, -0.05) is 29.3 Å². The van der Waals surface area contributed by atoms with Crippen LogP contribution in [0.25, 0.3) is 0 Å². The van der Waals surface area contributed by atoms with E-state index in [9.17, 15) is 4.79 Å². The van der Waals surface area contributed by atoms with Gasteiger partial charge in [-0.25, -0.2) is 4.79 Å². The van der Waals surface area contributed by atoms with Crippen molar-refractivity contribution in [3.05, 3.63) is 77.0 Å². The molecule has 0 spiro atoms. The average Bonchev–Trinajstić information content (AvgIpc) is 3.26. The lowest BCUT2D eigenvalue weighted by molar-refractivity contribution is 0.218. The first-order chi connectivity index (χ1) is 15.6. The summed E-state index contributed by atoms with van der Waals surface area (Å²) in [4.78, 5) is 18.3. The summed E-state index contributed by atoms with van der Waals surface area (Å²) in [6, 6.07) is 16.2. The molecule has 0 bridgehead atoms. The minimum atomic E-state index is -0.157. The van der Waals surface area contributed by atoms with Crippen molar-refractivity contribution in [1.82, 2.24) is 9.88 Å². The Morgan fingerprint density at radius 1 is 1.09 bits per heavy atom. The van der Waals surface area contributed by atoms with Crippen molar-refractivity contribution in [2.75, 3.05) is 25.0 Å². The number of aromatic nitrogens is 1. The van der Waals surface area contributed by atoms with Crippen LogP contribution in [0.1, 0.15) is 12.8 Å². The fourth-order valence-electron chi connectivity index (χ4n) is 3.53. The number of nitrogens with one attached hydrogen (secondary N) is 1. The van der Waals surface area contributed by atoms with Crippen LogP contribution in [0.4, 0.5) is 10.5 Å². The second-order valence-corrected chi connectivity index (χ2v) is 8.40. The zero-order valence-electron chi connectivity index (χ0n) is 17.3. The predicted octanol–water partition coefficient (Wildman–Crippen LogP) is 6.50. The molecule has 0 saturated carbocycles. The van der Waals surface area contributed by atoms with Crippen molar-refractivity contribution >= 4 is 34.9 Å². The Bertz CT molecular complexity index is 1060. The molecule has 166 valence electrons. The Labute approximate surface area is 197 Å². The largest absolute Gasteiger partial charge is 0.493 e.